The monoisotopic (exact) mass is 511 g/mol. The first-order valence-electron chi connectivity index (χ1n) is 11.0. The molecule has 0 radical (unpaired) electrons. The number of allylic oxidation sites excluding steroid dienone is 1. The van der Waals surface area contributed by atoms with Crippen LogP contribution in [-0.2, 0) is 14.3 Å². The van der Waals surface area contributed by atoms with Crippen LogP contribution in [0.2, 0.25) is 5.02 Å². The van der Waals surface area contributed by atoms with Gasteiger partial charge in [-0.15, -0.1) is 0 Å². The van der Waals surface area contributed by atoms with E-state index in [9.17, 15) is 9.59 Å². The number of hydrogen-bond donors (Lipinski definition) is 0. The molecule has 0 bridgehead atoms. The minimum Gasteiger partial charge on any atom is -0.460 e. The summed E-state index contributed by atoms with van der Waals surface area (Å²) in [4.78, 5) is 33.9. The molecular weight excluding hydrogens is 486 g/mol. The average Bonchev–Trinajstić information content (AvgIpc) is 3.13. The fourth-order valence-corrected chi connectivity index (χ4v) is 5.17. The molecule has 0 saturated carbocycles. The number of ether oxygens (including phenoxy) is 2. The molecule has 182 valence electrons. The van der Waals surface area contributed by atoms with Gasteiger partial charge in [0.1, 0.15) is 12.6 Å². The fourth-order valence-electron chi connectivity index (χ4n) is 3.89. The SMILES string of the molecule is COCCOC(=O)C1=C(C)N=c2s/c(=C\c3ccc(N(C)C)cc3)c(=O)n2C1c1ccccc1Cl. The lowest BCUT2D eigenvalue weighted by Gasteiger charge is -2.25. The summed E-state index contributed by atoms with van der Waals surface area (Å²) in [6.07, 6.45) is 1.84. The quantitative estimate of drug-likeness (QED) is 0.360. The van der Waals surface area contributed by atoms with Crippen molar-refractivity contribution < 1.29 is 14.3 Å². The summed E-state index contributed by atoms with van der Waals surface area (Å²) in [6, 6.07) is 14.3. The molecule has 1 aliphatic rings. The molecule has 0 spiro atoms. The van der Waals surface area contributed by atoms with Gasteiger partial charge in [0.2, 0.25) is 0 Å². The summed E-state index contributed by atoms with van der Waals surface area (Å²) in [5.41, 5.74) is 3.11. The highest BCUT2D eigenvalue weighted by Crippen LogP contribution is 2.34. The van der Waals surface area contributed by atoms with Gasteiger partial charge in [-0.25, -0.2) is 9.79 Å². The first kappa shape index (κ1) is 24.9. The molecule has 35 heavy (non-hydrogen) atoms. The van der Waals surface area contributed by atoms with E-state index in [1.165, 1.54) is 23.0 Å². The number of methoxy groups -OCH3 is 1. The number of aromatic nitrogens is 1. The van der Waals surface area contributed by atoms with Gasteiger partial charge < -0.3 is 14.4 Å². The number of halogens is 1. The highest BCUT2D eigenvalue weighted by atomic mass is 35.5. The summed E-state index contributed by atoms with van der Waals surface area (Å²) in [7, 11) is 5.48. The number of carbonyl (C=O) groups is 1. The Kier molecular flexibility index (Phi) is 7.54. The van der Waals surface area contributed by atoms with Crippen molar-refractivity contribution in [1.82, 2.24) is 4.57 Å². The van der Waals surface area contributed by atoms with E-state index in [-0.39, 0.29) is 24.3 Å². The van der Waals surface area contributed by atoms with Gasteiger partial charge in [-0.3, -0.25) is 9.36 Å². The number of carbonyl (C=O) groups excluding carboxylic acids is 1. The van der Waals surface area contributed by atoms with Crippen LogP contribution >= 0.6 is 22.9 Å². The van der Waals surface area contributed by atoms with Crippen LogP contribution in [0.5, 0.6) is 0 Å². The molecule has 0 saturated heterocycles. The van der Waals surface area contributed by atoms with Crippen LogP contribution in [0.1, 0.15) is 24.1 Å². The van der Waals surface area contributed by atoms with Crippen molar-refractivity contribution in [2.45, 2.75) is 13.0 Å². The molecule has 3 aromatic rings. The maximum absolute atomic E-state index is 13.7. The lowest BCUT2D eigenvalue weighted by atomic mass is 9.96. The standard InChI is InChI=1S/C26H26ClN3O4S/c1-16-22(25(32)34-14-13-33-4)23(19-7-5-6-8-20(19)27)30-24(31)21(35-26(30)28-16)15-17-9-11-18(12-10-17)29(2)3/h5-12,15,23H,13-14H2,1-4H3/b21-15-. The Bertz CT molecular complexity index is 1450. The molecule has 2 heterocycles. The van der Waals surface area contributed by atoms with E-state index in [1.807, 2.05) is 61.5 Å². The van der Waals surface area contributed by atoms with Crippen molar-refractivity contribution >= 4 is 40.7 Å². The second-order valence-electron chi connectivity index (χ2n) is 8.22. The Morgan fingerprint density at radius 2 is 1.89 bits per heavy atom. The summed E-state index contributed by atoms with van der Waals surface area (Å²) in [5.74, 6) is -0.554. The smallest absolute Gasteiger partial charge is 0.338 e. The highest BCUT2D eigenvalue weighted by molar-refractivity contribution is 7.07. The van der Waals surface area contributed by atoms with Crippen molar-refractivity contribution in [2.24, 2.45) is 4.99 Å². The summed E-state index contributed by atoms with van der Waals surface area (Å²) in [6.45, 7) is 2.10. The van der Waals surface area contributed by atoms with Crippen LogP contribution in [0.15, 0.2) is 69.6 Å². The zero-order chi connectivity index (χ0) is 25.1. The normalized spacial score (nSPS) is 15.6. The van der Waals surface area contributed by atoms with Gasteiger partial charge in [0, 0.05) is 31.9 Å². The van der Waals surface area contributed by atoms with E-state index in [1.54, 1.807) is 19.1 Å². The van der Waals surface area contributed by atoms with Crippen molar-refractivity contribution in [3.8, 4) is 0 Å². The number of rotatable bonds is 7. The van der Waals surface area contributed by atoms with E-state index >= 15 is 0 Å². The summed E-state index contributed by atoms with van der Waals surface area (Å²) < 4.78 is 12.5. The second-order valence-corrected chi connectivity index (χ2v) is 9.63. The molecular formula is C26H26ClN3O4S. The van der Waals surface area contributed by atoms with Gasteiger partial charge in [-0.2, -0.15) is 0 Å². The first-order chi connectivity index (χ1) is 16.8. The predicted molar refractivity (Wildman–Crippen MR) is 139 cm³/mol. The third kappa shape index (κ3) is 5.10. The third-order valence-electron chi connectivity index (χ3n) is 5.67. The Balaban J connectivity index is 1.86. The van der Waals surface area contributed by atoms with Gasteiger partial charge in [-0.05, 0) is 42.3 Å². The number of hydrogen-bond acceptors (Lipinski definition) is 7. The number of esters is 1. The number of thiazole rings is 1. The van der Waals surface area contributed by atoms with Gasteiger partial charge in [0.15, 0.2) is 4.80 Å². The third-order valence-corrected chi connectivity index (χ3v) is 7.00. The van der Waals surface area contributed by atoms with Gasteiger partial charge >= 0.3 is 5.97 Å². The molecule has 0 aliphatic carbocycles. The van der Waals surface area contributed by atoms with Crippen LogP contribution in [0.4, 0.5) is 5.69 Å². The first-order valence-corrected chi connectivity index (χ1v) is 12.2. The van der Waals surface area contributed by atoms with Crippen molar-refractivity contribution in [2.75, 3.05) is 39.3 Å². The molecule has 9 heteroatoms. The number of benzene rings is 2. The summed E-state index contributed by atoms with van der Waals surface area (Å²) in [5, 5.41) is 0.447. The van der Waals surface area contributed by atoms with E-state index < -0.39 is 12.0 Å². The van der Waals surface area contributed by atoms with Crippen LogP contribution < -0.4 is 19.8 Å². The minimum atomic E-state index is -0.756. The Morgan fingerprint density at radius 3 is 2.54 bits per heavy atom. The molecule has 1 atom stereocenters. The Labute approximate surface area is 212 Å². The maximum atomic E-state index is 13.7. The molecule has 1 aliphatic heterocycles. The predicted octanol–water partition coefficient (Wildman–Crippen LogP) is 3.14. The Morgan fingerprint density at radius 1 is 1.17 bits per heavy atom. The number of fused-ring (bicyclic) bond motifs is 1. The minimum absolute atomic E-state index is 0.0920. The molecule has 1 aromatic heterocycles. The fraction of sp³-hybridized carbons (Fsp3) is 0.269. The summed E-state index contributed by atoms with van der Waals surface area (Å²) >= 11 is 7.83. The molecule has 2 aromatic carbocycles. The highest BCUT2D eigenvalue weighted by Gasteiger charge is 2.34. The molecule has 4 rings (SSSR count). The lowest BCUT2D eigenvalue weighted by molar-refractivity contribution is -0.140. The van der Waals surface area contributed by atoms with E-state index in [4.69, 9.17) is 21.1 Å². The topological polar surface area (TPSA) is 73.1 Å². The van der Waals surface area contributed by atoms with Crippen LogP contribution in [-0.4, -0.2) is 45.0 Å². The maximum Gasteiger partial charge on any atom is 0.338 e. The zero-order valence-electron chi connectivity index (χ0n) is 19.9. The van der Waals surface area contributed by atoms with Crippen molar-refractivity contribution in [3.05, 3.63) is 95.6 Å². The molecule has 0 fully saturated rings. The van der Waals surface area contributed by atoms with E-state index in [0.717, 1.165) is 11.3 Å². The van der Waals surface area contributed by atoms with Gasteiger partial charge in [0.25, 0.3) is 5.56 Å². The van der Waals surface area contributed by atoms with Gasteiger partial charge in [0.05, 0.1) is 22.4 Å². The average molecular weight is 512 g/mol. The molecule has 0 N–H and O–H groups in total. The number of nitrogens with zero attached hydrogens (tertiary/aromatic N) is 3. The van der Waals surface area contributed by atoms with Crippen molar-refractivity contribution in [1.29, 1.82) is 0 Å². The molecule has 7 nitrogen and oxygen atoms in total. The Hall–Kier alpha value is -3.20. The van der Waals surface area contributed by atoms with E-state index in [2.05, 4.69) is 4.99 Å². The van der Waals surface area contributed by atoms with Crippen LogP contribution in [0.3, 0.4) is 0 Å². The molecule has 0 amide bonds. The zero-order valence-corrected chi connectivity index (χ0v) is 21.5. The van der Waals surface area contributed by atoms with Crippen molar-refractivity contribution in [3.63, 3.8) is 0 Å². The molecule has 1 unspecified atom stereocenters. The van der Waals surface area contributed by atoms with Crippen LogP contribution in [0.25, 0.3) is 6.08 Å². The largest absolute Gasteiger partial charge is 0.460 e. The second kappa shape index (κ2) is 10.6. The van der Waals surface area contributed by atoms with Crippen LogP contribution in [0, 0.1) is 0 Å². The van der Waals surface area contributed by atoms with Gasteiger partial charge in [-0.1, -0.05) is 53.3 Å². The van der Waals surface area contributed by atoms with E-state index in [0.29, 0.717) is 25.6 Å². The lowest BCUT2D eigenvalue weighted by Crippen LogP contribution is -2.40. The number of anilines is 1.